The van der Waals surface area contributed by atoms with Crippen molar-refractivity contribution in [2.75, 3.05) is 13.2 Å². The van der Waals surface area contributed by atoms with Crippen molar-refractivity contribution in [1.29, 1.82) is 0 Å². The van der Waals surface area contributed by atoms with Crippen LogP contribution in [0.3, 0.4) is 0 Å². The Balaban J connectivity index is 2.50. The first-order valence-corrected chi connectivity index (χ1v) is 6.81. The van der Waals surface area contributed by atoms with Gasteiger partial charge in [-0.05, 0) is 19.1 Å². The van der Waals surface area contributed by atoms with Gasteiger partial charge in [-0.25, -0.2) is 9.78 Å². The number of imidazole rings is 1. The third kappa shape index (κ3) is 3.44. The largest absolute Gasteiger partial charge is 0.483 e. The lowest BCUT2D eigenvalue weighted by molar-refractivity contribution is -0.153. The molecule has 1 aromatic heterocycles. The fourth-order valence-corrected chi connectivity index (χ4v) is 2.08. The van der Waals surface area contributed by atoms with Crippen LogP contribution in [-0.4, -0.2) is 34.9 Å². The second kappa shape index (κ2) is 6.43. The standard InChI is InChI=1S/C13H12ClF3N2O3/c1-2-21-12(20)10-9(22-5-13(15,16)17)4-3-8-11(10)18-7-19(8)6-14/h3-4,7H,2,5-6H2,1H3. The van der Waals surface area contributed by atoms with Crippen molar-refractivity contribution in [3.05, 3.63) is 24.0 Å². The average molecular weight is 337 g/mol. The zero-order chi connectivity index (χ0) is 16.3. The van der Waals surface area contributed by atoms with Crippen LogP contribution in [0.25, 0.3) is 11.0 Å². The lowest BCUT2D eigenvalue weighted by atomic mass is 10.1. The molecule has 1 aromatic carbocycles. The van der Waals surface area contributed by atoms with E-state index in [-0.39, 0.29) is 29.4 Å². The van der Waals surface area contributed by atoms with E-state index >= 15 is 0 Å². The minimum atomic E-state index is -4.52. The molecule has 0 radical (unpaired) electrons. The quantitative estimate of drug-likeness (QED) is 0.620. The minimum Gasteiger partial charge on any atom is -0.483 e. The van der Waals surface area contributed by atoms with Gasteiger partial charge < -0.3 is 14.0 Å². The highest BCUT2D eigenvalue weighted by molar-refractivity contribution is 6.16. The predicted molar refractivity (Wildman–Crippen MR) is 73.1 cm³/mol. The molecular weight excluding hydrogens is 325 g/mol. The predicted octanol–water partition coefficient (Wildman–Crippen LogP) is 3.35. The van der Waals surface area contributed by atoms with Crippen LogP contribution in [0.15, 0.2) is 18.5 Å². The van der Waals surface area contributed by atoms with Gasteiger partial charge in [-0.3, -0.25) is 0 Å². The highest BCUT2D eigenvalue weighted by Crippen LogP contribution is 2.29. The van der Waals surface area contributed by atoms with Crippen molar-refractivity contribution >= 4 is 28.6 Å². The van der Waals surface area contributed by atoms with Crippen LogP contribution in [0.4, 0.5) is 13.2 Å². The zero-order valence-electron chi connectivity index (χ0n) is 11.5. The monoisotopic (exact) mass is 336 g/mol. The molecule has 0 spiro atoms. The number of carbonyl (C=O) groups is 1. The number of hydrogen-bond donors (Lipinski definition) is 0. The van der Waals surface area contributed by atoms with Gasteiger partial charge in [0.1, 0.15) is 16.8 Å². The average Bonchev–Trinajstić information content (AvgIpc) is 2.86. The number of halogens is 4. The molecule has 0 aliphatic rings. The van der Waals surface area contributed by atoms with Crippen molar-refractivity contribution in [3.8, 4) is 5.75 Å². The van der Waals surface area contributed by atoms with E-state index in [4.69, 9.17) is 21.1 Å². The second-order valence-corrected chi connectivity index (χ2v) is 4.50. The summed E-state index contributed by atoms with van der Waals surface area (Å²) in [6.07, 6.45) is -3.13. The molecule has 0 bridgehead atoms. The van der Waals surface area contributed by atoms with E-state index in [0.717, 1.165) is 0 Å². The van der Waals surface area contributed by atoms with Gasteiger partial charge in [0.05, 0.1) is 24.5 Å². The van der Waals surface area contributed by atoms with Crippen LogP contribution in [-0.2, 0) is 10.7 Å². The maximum atomic E-state index is 12.3. The van der Waals surface area contributed by atoms with Crippen LogP contribution in [0.5, 0.6) is 5.75 Å². The maximum Gasteiger partial charge on any atom is 0.422 e. The number of carbonyl (C=O) groups excluding carboxylic acids is 1. The van der Waals surface area contributed by atoms with Gasteiger partial charge in [-0.15, -0.1) is 11.6 Å². The summed E-state index contributed by atoms with van der Waals surface area (Å²) in [6, 6.07) is 2.84. The molecule has 0 saturated heterocycles. The second-order valence-electron chi connectivity index (χ2n) is 4.26. The maximum absolute atomic E-state index is 12.3. The molecule has 2 aromatic rings. The SMILES string of the molecule is CCOC(=O)c1c(OCC(F)(F)F)ccc2c1ncn2CCl. The summed E-state index contributed by atoms with van der Waals surface area (Å²) in [5.41, 5.74) is 0.531. The van der Waals surface area contributed by atoms with E-state index in [1.807, 2.05) is 0 Å². The minimum absolute atomic E-state index is 0.0736. The molecular formula is C13H12ClF3N2O3. The highest BCUT2D eigenvalue weighted by Gasteiger charge is 2.30. The van der Waals surface area contributed by atoms with Gasteiger partial charge in [0.2, 0.25) is 0 Å². The summed E-state index contributed by atoms with van der Waals surface area (Å²) >= 11 is 5.73. The zero-order valence-corrected chi connectivity index (χ0v) is 12.2. The topological polar surface area (TPSA) is 53.4 Å². The van der Waals surface area contributed by atoms with Crippen LogP contribution in [0.2, 0.25) is 0 Å². The normalized spacial score (nSPS) is 11.7. The molecule has 5 nitrogen and oxygen atoms in total. The third-order valence-electron chi connectivity index (χ3n) is 2.75. The highest BCUT2D eigenvalue weighted by atomic mass is 35.5. The fourth-order valence-electron chi connectivity index (χ4n) is 1.89. The summed E-state index contributed by atoms with van der Waals surface area (Å²) in [5, 5.41) is 0. The Labute approximate surface area is 128 Å². The van der Waals surface area contributed by atoms with E-state index in [9.17, 15) is 18.0 Å². The lowest BCUT2D eigenvalue weighted by Gasteiger charge is -2.13. The van der Waals surface area contributed by atoms with E-state index in [2.05, 4.69) is 4.98 Å². The van der Waals surface area contributed by atoms with Gasteiger partial charge in [-0.1, -0.05) is 0 Å². The Morgan fingerprint density at radius 3 is 2.73 bits per heavy atom. The molecule has 0 fully saturated rings. The summed E-state index contributed by atoms with van der Waals surface area (Å²) in [6.45, 7) is 0.150. The summed E-state index contributed by atoms with van der Waals surface area (Å²) in [4.78, 5) is 16.1. The number of nitrogens with zero attached hydrogens (tertiary/aromatic N) is 2. The Hall–Kier alpha value is -1.96. The molecule has 0 aliphatic heterocycles. The molecule has 22 heavy (non-hydrogen) atoms. The Morgan fingerprint density at radius 2 is 2.14 bits per heavy atom. The van der Waals surface area contributed by atoms with Crippen LogP contribution in [0.1, 0.15) is 17.3 Å². The molecule has 9 heteroatoms. The summed E-state index contributed by atoms with van der Waals surface area (Å²) in [5.74, 6) is -1.03. The fraction of sp³-hybridized carbons (Fsp3) is 0.385. The van der Waals surface area contributed by atoms with E-state index in [1.165, 1.54) is 23.0 Å². The summed E-state index contributed by atoms with van der Waals surface area (Å²) < 4.78 is 48.1. The third-order valence-corrected chi connectivity index (χ3v) is 3.01. The van der Waals surface area contributed by atoms with Gasteiger partial charge in [0.15, 0.2) is 6.61 Å². The first-order valence-electron chi connectivity index (χ1n) is 6.28. The summed E-state index contributed by atoms with van der Waals surface area (Å²) in [7, 11) is 0. The number of hydrogen-bond acceptors (Lipinski definition) is 4. The van der Waals surface area contributed by atoms with Crippen molar-refractivity contribution in [2.24, 2.45) is 0 Å². The molecule has 0 saturated carbocycles. The smallest absolute Gasteiger partial charge is 0.422 e. The number of rotatable bonds is 5. The van der Waals surface area contributed by atoms with E-state index in [1.54, 1.807) is 6.92 Å². The lowest BCUT2D eigenvalue weighted by Crippen LogP contribution is -2.20. The number of ether oxygens (including phenoxy) is 2. The molecule has 0 aliphatic carbocycles. The number of aromatic nitrogens is 2. The van der Waals surface area contributed by atoms with E-state index < -0.39 is 18.8 Å². The Morgan fingerprint density at radius 1 is 1.41 bits per heavy atom. The first kappa shape index (κ1) is 16.4. The van der Waals surface area contributed by atoms with Gasteiger partial charge in [0.25, 0.3) is 0 Å². The number of esters is 1. The molecule has 1 heterocycles. The van der Waals surface area contributed by atoms with Crippen molar-refractivity contribution < 1.29 is 27.4 Å². The Kier molecular flexibility index (Phi) is 4.80. The van der Waals surface area contributed by atoms with Crippen LogP contribution >= 0.6 is 11.6 Å². The van der Waals surface area contributed by atoms with Crippen molar-refractivity contribution in [1.82, 2.24) is 9.55 Å². The molecule has 0 unspecified atom stereocenters. The molecule has 120 valence electrons. The van der Waals surface area contributed by atoms with Crippen LogP contribution in [0, 0.1) is 0 Å². The van der Waals surface area contributed by atoms with Crippen molar-refractivity contribution in [2.45, 2.75) is 19.1 Å². The molecule has 0 amide bonds. The van der Waals surface area contributed by atoms with Gasteiger partial charge in [-0.2, -0.15) is 13.2 Å². The molecule has 2 rings (SSSR count). The number of alkyl halides is 4. The molecule has 0 N–H and O–H groups in total. The Bertz CT molecular complexity index is 685. The number of benzene rings is 1. The molecule has 0 atom stereocenters. The van der Waals surface area contributed by atoms with Gasteiger partial charge in [0, 0.05) is 0 Å². The number of fused-ring (bicyclic) bond motifs is 1. The van der Waals surface area contributed by atoms with Crippen molar-refractivity contribution in [3.63, 3.8) is 0 Å². The first-order chi connectivity index (χ1) is 10.4. The van der Waals surface area contributed by atoms with Gasteiger partial charge >= 0.3 is 12.1 Å². The van der Waals surface area contributed by atoms with E-state index in [0.29, 0.717) is 5.52 Å². The van der Waals surface area contributed by atoms with Crippen LogP contribution < -0.4 is 4.74 Å².